The van der Waals surface area contributed by atoms with Gasteiger partial charge >= 0.3 is 0 Å². The Balaban J connectivity index is 1.60. The number of carbonyl (C=O) groups is 2. The summed E-state index contributed by atoms with van der Waals surface area (Å²) in [5, 5.41) is 11.5. The van der Waals surface area contributed by atoms with Crippen molar-refractivity contribution in [2.75, 3.05) is 13.7 Å². The summed E-state index contributed by atoms with van der Waals surface area (Å²) in [4.78, 5) is 28.1. The number of benzene rings is 2. The normalized spacial score (nSPS) is 19.9. The van der Waals surface area contributed by atoms with E-state index in [2.05, 4.69) is 6.92 Å². The molecule has 1 N–H and O–H groups in total. The lowest BCUT2D eigenvalue weighted by Crippen LogP contribution is -2.29. The van der Waals surface area contributed by atoms with Crippen molar-refractivity contribution in [3.63, 3.8) is 0 Å². The first-order chi connectivity index (χ1) is 18.4. The molecule has 0 radical (unpaired) electrons. The summed E-state index contributed by atoms with van der Waals surface area (Å²) in [7, 11) is 1.54. The highest BCUT2D eigenvalue weighted by Gasteiger charge is 2.46. The Morgan fingerprint density at radius 2 is 1.97 bits per heavy atom. The predicted molar refractivity (Wildman–Crippen MR) is 140 cm³/mol. The Morgan fingerprint density at radius 1 is 1.13 bits per heavy atom. The zero-order valence-electron chi connectivity index (χ0n) is 21.7. The van der Waals surface area contributed by atoms with Gasteiger partial charge in [0.05, 0.1) is 38.1 Å². The first kappa shape index (κ1) is 25.4. The fraction of sp³-hybridized carbons (Fsp3) is 0.333. The average molecular weight is 518 g/mol. The van der Waals surface area contributed by atoms with Crippen molar-refractivity contribution in [3.8, 4) is 17.2 Å². The molecule has 2 aliphatic rings. The van der Waals surface area contributed by atoms with Gasteiger partial charge in [-0.15, -0.1) is 0 Å². The van der Waals surface area contributed by atoms with E-state index in [1.165, 1.54) is 11.2 Å². The minimum absolute atomic E-state index is 0.00942. The van der Waals surface area contributed by atoms with Crippen LogP contribution in [0.1, 0.15) is 55.2 Å². The van der Waals surface area contributed by atoms with Gasteiger partial charge in [-0.25, -0.2) is 0 Å². The van der Waals surface area contributed by atoms with Gasteiger partial charge in [0.1, 0.15) is 23.4 Å². The molecule has 0 bridgehead atoms. The highest BCUT2D eigenvalue weighted by molar-refractivity contribution is 6.46. The third-order valence-electron chi connectivity index (χ3n) is 6.87. The van der Waals surface area contributed by atoms with Gasteiger partial charge in [-0.1, -0.05) is 19.4 Å². The molecule has 2 atom stereocenters. The Hall–Kier alpha value is -4.20. The largest absolute Gasteiger partial charge is 0.507 e. The number of nitrogens with zero attached hydrogens (tertiary/aromatic N) is 1. The monoisotopic (exact) mass is 517 g/mol. The van der Waals surface area contributed by atoms with Crippen LogP contribution in [-0.2, 0) is 22.6 Å². The molecule has 0 unspecified atom stereocenters. The number of likely N-dealkylation sites (tertiary alicyclic amines) is 1. The number of aliphatic hydroxyl groups excluding tert-OH is 1. The van der Waals surface area contributed by atoms with Crippen molar-refractivity contribution >= 4 is 17.4 Å². The summed E-state index contributed by atoms with van der Waals surface area (Å²) >= 11 is 0. The standard InChI is InChI=1S/C30H31NO7/c1-4-5-12-37-24-11-8-19(16-25(24)35-3)27-26(29(33)30(34)31(27)17-22-7-6-13-36-22)28(32)20-9-10-23-21(15-20)14-18(2)38-23/h6-11,13,15-16,18,27,32H,4-5,12,14,17H2,1-3H3/t18-,27+/m1/s1. The molecule has 2 aliphatic heterocycles. The van der Waals surface area contributed by atoms with Gasteiger partial charge in [0, 0.05) is 12.0 Å². The number of furan rings is 1. The molecule has 1 amide bonds. The first-order valence-electron chi connectivity index (χ1n) is 12.8. The first-order valence-corrected chi connectivity index (χ1v) is 12.8. The number of ketones is 1. The van der Waals surface area contributed by atoms with Crippen molar-refractivity contribution in [2.24, 2.45) is 0 Å². The Bertz CT molecular complexity index is 1380. The summed E-state index contributed by atoms with van der Waals surface area (Å²) in [5.41, 5.74) is 2.01. The fourth-order valence-corrected chi connectivity index (χ4v) is 4.98. The number of rotatable bonds is 9. The van der Waals surface area contributed by atoms with Crippen molar-refractivity contribution in [1.29, 1.82) is 0 Å². The van der Waals surface area contributed by atoms with E-state index in [1.54, 1.807) is 49.6 Å². The van der Waals surface area contributed by atoms with E-state index >= 15 is 0 Å². The molecule has 8 heteroatoms. The minimum Gasteiger partial charge on any atom is -0.507 e. The molecule has 2 aromatic carbocycles. The van der Waals surface area contributed by atoms with Crippen molar-refractivity contribution in [2.45, 2.75) is 51.8 Å². The fourth-order valence-electron chi connectivity index (χ4n) is 4.98. The van der Waals surface area contributed by atoms with Crippen LogP contribution in [0.2, 0.25) is 0 Å². The number of aliphatic hydroxyl groups is 1. The lowest BCUT2D eigenvalue weighted by molar-refractivity contribution is -0.140. The van der Waals surface area contributed by atoms with Gasteiger partial charge in [0.15, 0.2) is 11.5 Å². The number of hydrogen-bond acceptors (Lipinski definition) is 7. The topological polar surface area (TPSA) is 98.4 Å². The van der Waals surface area contributed by atoms with Crippen LogP contribution in [-0.4, -0.2) is 41.5 Å². The van der Waals surface area contributed by atoms with Crippen LogP contribution in [0.15, 0.2) is 64.8 Å². The maximum Gasteiger partial charge on any atom is 0.296 e. The molecule has 3 aromatic rings. The molecular weight excluding hydrogens is 486 g/mol. The highest BCUT2D eigenvalue weighted by atomic mass is 16.5. The number of carbonyl (C=O) groups excluding carboxylic acids is 2. The van der Waals surface area contributed by atoms with Gasteiger partial charge in [-0.3, -0.25) is 9.59 Å². The van der Waals surface area contributed by atoms with Gasteiger partial charge < -0.3 is 28.6 Å². The SMILES string of the molecule is CCCCOc1ccc([C@H]2C(=C(O)c3ccc4c(c3)C[C@@H](C)O4)C(=O)C(=O)N2Cc2ccco2)cc1OC. The number of amides is 1. The summed E-state index contributed by atoms with van der Waals surface area (Å²) in [6, 6.07) is 13.2. The van der Waals surface area contributed by atoms with Crippen molar-refractivity contribution < 1.29 is 33.3 Å². The second kappa shape index (κ2) is 10.7. The van der Waals surface area contributed by atoms with E-state index in [0.717, 1.165) is 24.2 Å². The maximum atomic E-state index is 13.4. The van der Waals surface area contributed by atoms with Crippen molar-refractivity contribution in [1.82, 2.24) is 4.90 Å². The van der Waals surface area contributed by atoms with Crippen LogP contribution in [0.3, 0.4) is 0 Å². The quantitative estimate of drug-likeness (QED) is 0.175. The number of hydrogen-bond donors (Lipinski definition) is 1. The molecule has 0 saturated carbocycles. The third-order valence-corrected chi connectivity index (χ3v) is 6.87. The zero-order valence-corrected chi connectivity index (χ0v) is 21.7. The van der Waals surface area contributed by atoms with Gasteiger partial charge in [-0.05, 0) is 66.9 Å². The molecule has 3 heterocycles. The zero-order chi connectivity index (χ0) is 26.8. The number of ether oxygens (including phenoxy) is 3. The van der Waals surface area contributed by atoms with E-state index in [0.29, 0.717) is 41.4 Å². The molecule has 0 aliphatic carbocycles. The number of unbranched alkanes of at least 4 members (excludes halogenated alkanes) is 1. The second-order valence-electron chi connectivity index (χ2n) is 9.57. The average Bonchev–Trinajstić information content (AvgIpc) is 3.63. The molecule has 1 fully saturated rings. The van der Waals surface area contributed by atoms with E-state index in [1.807, 2.05) is 13.0 Å². The van der Waals surface area contributed by atoms with E-state index in [4.69, 9.17) is 18.6 Å². The van der Waals surface area contributed by atoms with Crippen molar-refractivity contribution in [3.05, 3.63) is 82.8 Å². The summed E-state index contributed by atoms with van der Waals surface area (Å²) in [5.74, 6) is 0.616. The molecule has 8 nitrogen and oxygen atoms in total. The lowest BCUT2D eigenvalue weighted by Gasteiger charge is -2.25. The summed E-state index contributed by atoms with van der Waals surface area (Å²) in [6.45, 7) is 4.67. The van der Waals surface area contributed by atoms with E-state index in [-0.39, 0.29) is 24.0 Å². The number of Topliss-reactive ketones (excluding diaryl/α,β-unsaturated/α-hetero) is 1. The molecule has 1 saturated heterocycles. The summed E-state index contributed by atoms with van der Waals surface area (Å²) in [6.07, 6.45) is 4.14. The predicted octanol–water partition coefficient (Wildman–Crippen LogP) is 5.41. The van der Waals surface area contributed by atoms with Crippen LogP contribution in [0.4, 0.5) is 0 Å². The van der Waals surface area contributed by atoms with Crippen LogP contribution in [0, 0.1) is 0 Å². The van der Waals surface area contributed by atoms with E-state index < -0.39 is 17.7 Å². The smallest absolute Gasteiger partial charge is 0.296 e. The highest BCUT2D eigenvalue weighted by Crippen LogP contribution is 2.43. The molecule has 5 rings (SSSR count). The van der Waals surface area contributed by atoms with Crippen LogP contribution in [0.5, 0.6) is 17.2 Å². The molecule has 198 valence electrons. The van der Waals surface area contributed by atoms with E-state index in [9.17, 15) is 14.7 Å². The maximum absolute atomic E-state index is 13.4. The number of methoxy groups -OCH3 is 1. The van der Waals surface area contributed by atoms with Crippen LogP contribution >= 0.6 is 0 Å². The second-order valence-corrected chi connectivity index (χ2v) is 9.57. The molecule has 38 heavy (non-hydrogen) atoms. The third kappa shape index (κ3) is 4.74. The molecular formula is C30H31NO7. The van der Waals surface area contributed by atoms with Gasteiger partial charge in [0.2, 0.25) is 0 Å². The Kier molecular flexibility index (Phi) is 7.13. The van der Waals surface area contributed by atoms with Crippen LogP contribution in [0.25, 0.3) is 5.76 Å². The number of fused-ring (bicyclic) bond motifs is 1. The lowest BCUT2D eigenvalue weighted by atomic mass is 9.94. The van der Waals surface area contributed by atoms with Gasteiger partial charge in [-0.2, -0.15) is 0 Å². The summed E-state index contributed by atoms with van der Waals surface area (Å²) < 4.78 is 22.7. The minimum atomic E-state index is -0.859. The molecule has 0 spiro atoms. The Morgan fingerprint density at radius 3 is 2.71 bits per heavy atom. The molecule has 1 aromatic heterocycles. The van der Waals surface area contributed by atoms with Crippen LogP contribution < -0.4 is 14.2 Å². The Labute approximate surface area is 221 Å². The van der Waals surface area contributed by atoms with Gasteiger partial charge in [0.25, 0.3) is 11.7 Å².